The van der Waals surface area contributed by atoms with Crippen molar-refractivity contribution < 1.29 is 0 Å². The Kier molecular flexibility index (Phi) is 5.69. The zero-order chi connectivity index (χ0) is 12.6. The SMILES string of the molecule is CCNCCCCCCN1Cc2ccccc2C1. The van der Waals surface area contributed by atoms with E-state index in [9.17, 15) is 0 Å². The summed E-state index contributed by atoms with van der Waals surface area (Å²) in [7, 11) is 0. The van der Waals surface area contributed by atoms with Gasteiger partial charge < -0.3 is 5.32 Å². The summed E-state index contributed by atoms with van der Waals surface area (Å²) in [4.78, 5) is 2.58. The predicted octanol–water partition coefficient (Wildman–Crippen LogP) is 3.17. The molecule has 0 unspecified atom stereocenters. The summed E-state index contributed by atoms with van der Waals surface area (Å²) in [5.41, 5.74) is 3.06. The first-order valence-electron chi connectivity index (χ1n) is 7.40. The third kappa shape index (κ3) is 4.11. The zero-order valence-electron chi connectivity index (χ0n) is 11.6. The first-order valence-corrected chi connectivity index (χ1v) is 7.40. The third-order valence-electron chi connectivity index (χ3n) is 3.73. The highest BCUT2D eigenvalue weighted by atomic mass is 15.1. The largest absolute Gasteiger partial charge is 0.317 e. The van der Waals surface area contributed by atoms with Gasteiger partial charge in [0.15, 0.2) is 0 Å². The van der Waals surface area contributed by atoms with Crippen LogP contribution in [0.1, 0.15) is 43.7 Å². The van der Waals surface area contributed by atoms with Gasteiger partial charge in [0.2, 0.25) is 0 Å². The lowest BCUT2D eigenvalue weighted by Crippen LogP contribution is -2.17. The monoisotopic (exact) mass is 246 g/mol. The molecule has 0 atom stereocenters. The number of unbranched alkanes of at least 4 members (excludes halogenated alkanes) is 3. The van der Waals surface area contributed by atoms with Crippen molar-refractivity contribution in [2.24, 2.45) is 0 Å². The quantitative estimate of drug-likeness (QED) is 0.709. The number of benzene rings is 1. The van der Waals surface area contributed by atoms with E-state index in [1.165, 1.54) is 49.9 Å². The summed E-state index contributed by atoms with van der Waals surface area (Å²) in [6.07, 6.45) is 5.42. The molecule has 0 saturated heterocycles. The number of nitrogens with one attached hydrogen (secondary N) is 1. The summed E-state index contributed by atoms with van der Waals surface area (Å²) in [6.45, 7) is 8.04. The van der Waals surface area contributed by atoms with Gasteiger partial charge >= 0.3 is 0 Å². The van der Waals surface area contributed by atoms with Crippen LogP contribution in [0.4, 0.5) is 0 Å². The standard InChI is InChI=1S/C16H26N2/c1-2-17-11-7-3-4-8-12-18-13-15-9-5-6-10-16(15)14-18/h5-6,9-10,17H,2-4,7-8,11-14H2,1H3. The lowest BCUT2D eigenvalue weighted by molar-refractivity contribution is 0.276. The van der Waals surface area contributed by atoms with Gasteiger partial charge in [0.25, 0.3) is 0 Å². The Hall–Kier alpha value is -0.860. The smallest absolute Gasteiger partial charge is 0.0240 e. The van der Waals surface area contributed by atoms with Crippen LogP contribution in [0.25, 0.3) is 0 Å². The van der Waals surface area contributed by atoms with Crippen LogP contribution in [0, 0.1) is 0 Å². The van der Waals surface area contributed by atoms with Gasteiger partial charge in [-0.3, -0.25) is 4.90 Å². The maximum absolute atomic E-state index is 3.38. The van der Waals surface area contributed by atoms with E-state index in [0.717, 1.165) is 19.6 Å². The van der Waals surface area contributed by atoms with E-state index in [-0.39, 0.29) is 0 Å². The first-order chi connectivity index (χ1) is 8.90. The van der Waals surface area contributed by atoms with Crippen molar-refractivity contribution in [1.82, 2.24) is 10.2 Å². The molecule has 18 heavy (non-hydrogen) atoms. The molecule has 1 heterocycles. The summed E-state index contributed by atoms with van der Waals surface area (Å²) in [5, 5.41) is 3.38. The second kappa shape index (κ2) is 7.55. The molecule has 0 aliphatic carbocycles. The lowest BCUT2D eigenvalue weighted by Gasteiger charge is -2.14. The second-order valence-electron chi connectivity index (χ2n) is 5.25. The molecule has 100 valence electrons. The van der Waals surface area contributed by atoms with Gasteiger partial charge in [-0.05, 0) is 43.6 Å². The van der Waals surface area contributed by atoms with Crippen molar-refractivity contribution in [2.75, 3.05) is 19.6 Å². The fourth-order valence-electron chi connectivity index (χ4n) is 2.68. The van der Waals surface area contributed by atoms with Gasteiger partial charge in [0.05, 0.1) is 0 Å². The Morgan fingerprint density at radius 2 is 1.67 bits per heavy atom. The Morgan fingerprint density at radius 1 is 1.00 bits per heavy atom. The van der Waals surface area contributed by atoms with Gasteiger partial charge in [-0.25, -0.2) is 0 Å². The van der Waals surface area contributed by atoms with Gasteiger partial charge in [-0.1, -0.05) is 44.0 Å². The van der Waals surface area contributed by atoms with Gasteiger partial charge in [-0.2, -0.15) is 0 Å². The van der Waals surface area contributed by atoms with E-state index in [0.29, 0.717) is 0 Å². The molecule has 0 amide bonds. The number of hydrogen-bond donors (Lipinski definition) is 1. The average Bonchev–Trinajstić information content (AvgIpc) is 2.80. The van der Waals surface area contributed by atoms with Crippen molar-refractivity contribution >= 4 is 0 Å². The van der Waals surface area contributed by atoms with E-state index in [4.69, 9.17) is 0 Å². The maximum Gasteiger partial charge on any atom is 0.0240 e. The van der Waals surface area contributed by atoms with E-state index in [1.54, 1.807) is 0 Å². The predicted molar refractivity (Wildman–Crippen MR) is 77.6 cm³/mol. The second-order valence-corrected chi connectivity index (χ2v) is 5.25. The van der Waals surface area contributed by atoms with Crippen LogP contribution in [0.3, 0.4) is 0 Å². The number of hydrogen-bond acceptors (Lipinski definition) is 2. The minimum atomic E-state index is 1.10. The summed E-state index contributed by atoms with van der Waals surface area (Å²) in [6, 6.07) is 8.85. The Morgan fingerprint density at radius 3 is 2.33 bits per heavy atom. The molecule has 1 aromatic rings. The van der Waals surface area contributed by atoms with Crippen LogP contribution in [0.15, 0.2) is 24.3 Å². The van der Waals surface area contributed by atoms with Crippen LogP contribution >= 0.6 is 0 Å². The molecule has 0 bridgehead atoms. The van der Waals surface area contributed by atoms with Crippen LogP contribution in [0.2, 0.25) is 0 Å². The van der Waals surface area contributed by atoms with E-state index < -0.39 is 0 Å². The molecule has 0 spiro atoms. The van der Waals surface area contributed by atoms with Gasteiger partial charge in [-0.15, -0.1) is 0 Å². The molecule has 2 heteroatoms. The van der Waals surface area contributed by atoms with Crippen LogP contribution in [-0.2, 0) is 13.1 Å². The zero-order valence-corrected chi connectivity index (χ0v) is 11.6. The minimum absolute atomic E-state index is 1.10. The molecule has 0 saturated carbocycles. The maximum atomic E-state index is 3.38. The van der Waals surface area contributed by atoms with Crippen molar-refractivity contribution in [2.45, 2.75) is 45.7 Å². The Bertz CT molecular complexity index is 324. The van der Waals surface area contributed by atoms with Crippen LogP contribution in [0.5, 0.6) is 0 Å². The fourth-order valence-corrected chi connectivity index (χ4v) is 2.68. The van der Waals surface area contributed by atoms with Crippen LogP contribution < -0.4 is 5.32 Å². The molecule has 2 rings (SSSR count). The van der Waals surface area contributed by atoms with Gasteiger partial charge in [0, 0.05) is 13.1 Å². The van der Waals surface area contributed by atoms with Crippen molar-refractivity contribution in [3.63, 3.8) is 0 Å². The number of rotatable bonds is 8. The minimum Gasteiger partial charge on any atom is -0.317 e. The molecule has 2 nitrogen and oxygen atoms in total. The summed E-state index contributed by atoms with van der Waals surface area (Å²) >= 11 is 0. The molecular weight excluding hydrogens is 220 g/mol. The highest BCUT2D eigenvalue weighted by Crippen LogP contribution is 2.22. The number of nitrogens with zero attached hydrogens (tertiary/aromatic N) is 1. The fraction of sp³-hybridized carbons (Fsp3) is 0.625. The average molecular weight is 246 g/mol. The van der Waals surface area contributed by atoms with Crippen molar-refractivity contribution in [3.05, 3.63) is 35.4 Å². The van der Waals surface area contributed by atoms with Crippen molar-refractivity contribution in [3.8, 4) is 0 Å². The van der Waals surface area contributed by atoms with Gasteiger partial charge in [0.1, 0.15) is 0 Å². The van der Waals surface area contributed by atoms with Crippen molar-refractivity contribution in [1.29, 1.82) is 0 Å². The molecule has 0 fully saturated rings. The molecule has 1 N–H and O–H groups in total. The molecule has 1 aliphatic heterocycles. The molecule has 0 radical (unpaired) electrons. The lowest BCUT2D eigenvalue weighted by atomic mass is 10.1. The van der Waals surface area contributed by atoms with Crippen LogP contribution in [-0.4, -0.2) is 24.5 Å². The summed E-state index contributed by atoms with van der Waals surface area (Å²) in [5.74, 6) is 0. The highest BCUT2D eigenvalue weighted by Gasteiger charge is 2.16. The Balaban J connectivity index is 1.54. The molecule has 0 aromatic heterocycles. The normalized spacial score (nSPS) is 14.9. The third-order valence-corrected chi connectivity index (χ3v) is 3.73. The van der Waals surface area contributed by atoms with E-state index >= 15 is 0 Å². The number of fused-ring (bicyclic) bond motifs is 1. The highest BCUT2D eigenvalue weighted by molar-refractivity contribution is 5.30. The molecule has 1 aromatic carbocycles. The van der Waals surface area contributed by atoms with E-state index in [2.05, 4.69) is 41.4 Å². The molecular formula is C16H26N2. The first kappa shape index (κ1) is 13.6. The Labute approximate surface area is 111 Å². The summed E-state index contributed by atoms with van der Waals surface area (Å²) < 4.78 is 0. The van der Waals surface area contributed by atoms with E-state index in [1.807, 2.05) is 0 Å². The topological polar surface area (TPSA) is 15.3 Å². The molecule has 1 aliphatic rings.